The Labute approximate surface area is 30.0 Å². The number of nitrogens with zero attached hydrogens (tertiary/aromatic N) is 1. The van der Waals surface area contributed by atoms with Gasteiger partial charge in [0.1, 0.15) is 0 Å². The van der Waals surface area contributed by atoms with E-state index in [0.29, 0.717) is 0 Å². The zero-order valence-electron chi connectivity index (χ0n) is 2.95. The molecule has 30 valence electrons. The zero-order valence-corrected chi connectivity index (χ0v) is 2.95. The van der Waals surface area contributed by atoms with Crippen molar-refractivity contribution >= 4 is 0 Å². The first-order chi connectivity index (χ1) is 2.41. The highest BCUT2D eigenvalue weighted by Gasteiger charge is 1.51. The number of hydrazine groups is 1. The van der Waals surface area contributed by atoms with Gasteiger partial charge in [0.2, 0.25) is 0 Å². The van der Waals surface area contributed by atoms with E-state index in [1.807, 2.05) is 0 Å². The van der Waals surface area contributed by atoms with Crippen molar-refractivity contribution in [2.24, 2.45) is 5.22 Å². The topological polar surface area (TPSA) is 60.3 Å². The summed E-state index contributed by atoms with van der Waals surface area (Å²) in [5.74, 6) is 0. The van der Waals surface area contributed by atoms with Gasteiger partial charge in [0.25, 0.3) is 0 Å². The Morgan fingerprint density at radius 2 is 2.40 bits per heavy atom. The van der Waals surface area contributed by atoms with Crippen molar-refractivity contribution in [2.45, 2.75) is 0 Å². The predicted octanol–water partition coefficient (Wildman–Crippen LogP) is -0.344. The Hall–Kier alpha value is -0.640. The van der Waals surface area contributed by atoms with Crippen LogP contribution < -0.4 is 11.0 Å². The van der Waals surface area contributed by atoms with Crippen molar-refractivity contribution in [3.05, 3.63) is 0 Å². The summed E-state index contributed by atoms with van der Waals surface area (Å²) in [6, 6.07) is 0. The molecule has 0 fully saturated rings. The van der Waals surface area contributed by atoms with Gasteiger partial charge in [-0.1, -0.05) is 5.22 Å². The van der Waals surface area contributed by atoms with Crippen LogP contribution in [0.25, 0.3) is 0 Å². The molecule has 0 atom stereocenters. The molecule has 0 aliphatic carbocycles. The molecule has 0 aliphatic rings. The van der Waals surface area contributed by atoms with Gasteiger partial charge in [-0.3, -0.25) is 0 Å². The normalized spacial score (nSPS) is 6.60. The molecule has 0 aliphatic heterocycles. The van der Waals surface area contributed by atoms with Gasteiger partial charge in [0, 0.05) is 7.05 Å². The number of hydrogen-bond donors (Lipinski definition) is 3. The van der Waals surface area contributed by atoms with Gasteiger partial charge in [0.05, 0.1) is 0 Å². The smallest absolute Gasteiger partial charge is 0.00495 e. The minimum atomic E-state index is 1.64. The first-order valence-electron chi connectivity index (χ1n) is 1.20. The molecule has 4 nitrogen and oxygen atoms in total. The molecule has 0 bridgehead atoms. The van der Waals surface area contributed by atoms with Gasteiger partial charge in [0.15, 0.2) is 0 Å². The van der Waals surface area contributed by atoms with E-state index in [1.54, 1.807) is 7.05 Å². The predicted molar refractivity (Wildman–Crippen MR) is 17.3 cm³/mol. The minimum Gasteiger partial charge on any atom is -0.225 e. The summed E-state index contributed by atoms with van der Waals surface area (Å²) in [7, 11) is 1.64. The fourth-order valence-corrected chi connectivity index (χ4v) is 0.0559. The molecule has 0 radical (unpaired) electrons. The molecule has 0 amide bonds. The quantitative estimate of drug-likeness (QED) is 0.310. The van der Waals surface area contributed by atoms with Gasteiger partial charge >= 0.3 is 0 Å². The Morgan fingerprint density at radius 1 is 1.80 bits per heavy atom. The van der Waals surface area contributed by atoms with Crippen LogP contribution in [-0.4, -0.2) is 7.05 Å². The Morgan fingerprint density at radius 3 is 2.40 bits per heavy atom. The van der Waals surface area contributed by atoms with Gasteiger partial charge in [-0.2, -0.15) is 5.53 Å². The lowest BCUT2D eigenvalue weighted by molar-refractivity contribution is 0.584. The van der Waals surface area contributed by atoms with Crippen LogP contribution in [0.15, 0.2) is 5.22 Å². The average molecular weight is 74.1 g/mol. The van der Waals surface area contributed by atoms with Crippen LogP contribution in [0.5, 0.6) is 0 Å². The molecule has 0 aromatic carbocycles. The van der Waals surface area contributed by atoms with Crippen molar-refractivity contribution in [3.63, 3.8) is 0 Å². The molecule has 0 saturated carbocycles. The lowest BCUT2D eigenvalue weighted by Gasteiger charge is -1.84. The van der Waals surface area contributed by atoms with Crippen LogP contribution in [0.3, 0.4) is 0 Å². The SMILES string of the molecule is CNNN=N. The van der Waals surface area contributed by atoms with Crippen molar-refractivity contribution in [1.82, 2.24) is 11.0 Å². The summed E-state index contributed by atoms with van der Waals surface area (Å²) in [6.07, 6.45) is 0. The Bertz CT molecular complexity index is 24.8. The van der Waals surface area contributed by atoms with Gasteiger partial charge in [-0.05, 0) is 0 Å². The molecule has 0 spiro atoms. The minimum absolute atomic E-state index is 1.64. The first kappa shape index (κ1) is 4.36. The van der Waals surface area contributed by atoms with E-state index in [1.165, 1.54) is 0 Å². The fourth-order valence-electron chi connectivity index (χ4n) is 0.0559. The van der Waals surface area contributed by atoms with Crippen LogP contribution in [0.1, 0.15) is 0 Å². The average Bonchev–Trinajstić information content (AvgIpc) is 1.41. The maximum Gasteiger partial charge on any atom is 0.00495 e. The molecule has 4 heteroatoms. The second-order valence-electron chi connectivity index (χ2n) is 0.474. The summed E-state index contributed by atoms with van der Waals surface area (Å²) in [6.45, 7) is 0. The number of hydrogen-bond acceptors (Lipinski definition) is 3. The fraction of sp³-hybridized carbons (Fsp3) is 1.00. The summed E-state index contributed by atoms with van der Waals surface area (Å²) in [5, 5.41) is 2.74. The molecule has 3 N–H and O–H groups in total. The van der Waals surface area contributed by atoms with E-state index in [4.69, 9.17) is 5.53 Å². The molecule has 5 heavy (non-hydrogen) atoms. The second kappa shape index (κ2) is 3.36. The van der Waals surface area contributed by atoms with E-state index in [0.717, 1.165) is 0 Å². The van der Waals surface area contributed by atoms with Crippen LogP contribution in [0.2, 0.25) is 0 Å². The summed E-state index contributed by atoms with van der Waals surface area (Å²) in [4.78, 5) is 0. The highest BCUT2D eigenvalue weighted by atomic mass is 15.6. The third-order valence-corrected chi connectivity index (χ3v) is 0.168. The van der Waals surface area contributed by atoms with Gasteiger partial charge < -0.3 is 0 Å². The molecule has 0 aromatic rings. The lowest BCUT2D eigenvalue weighted by atomic mass is 11.5. The first-order valence-corrected chi connectivity index (χ1v) is 1.20. The van der Waals surface area contributed by atoms with Crippen molar-refractivity contribution in [1.29, 1.82) is 5.53 Å². The molecule has 0 saturated heterocycles. The molecular formula is CH6N4. The van der Waals surface area contributed by atoms with Crippen LogP contribution >= 0.6 is 0 Å². The van der Waals surface area contributed by atoms with Crippen molar-refractivity contribution in [2.75, 3.05) is 7.05 Å². The maximum atomic E-state index is 6.05. The molecule has 0 heterocycles. The number of rotatable bonds is 2. The van der Waals surface area contributed by atoms with Gasteiger partial charge in [-0.25, -0.2) is 11.0 Å². The van der Waals surface area contributed by atoms with Crippen LogP contribution in [0.4, 0.5) is 0 Å². The molecule has 0 rings (SSSR count). The van der Waals surface area contributed by atoms with Crippen LogP contribution in [-0.2, 0) is 0 Å². The van der Waals surface area contributed by atoms with E-state index >= 15 is 0 Å². The molecular weight excluding hydrogens is 68.0 g/mol. The maximum absolute atomic E-state index is 6.05. The lowest BCUT2D eigenvalue weighted by Crippen LogP contribution is -2.19. The largest absolute Gasteiger partial charge is 0.225 e. The third-order valence-electron chi connectivity index (χ3n) is 0.168. The molecule has 0 unspecified atom stereocenters. The van der Waals surface area contributed by atoms with E-state index in [-0.39, 0.29) is 0 Å². The summed E-state index contributed by atoms with van der Waals surface area (Å²) >= 11 is 0. The highest BCUT2D eigenvalue weighted by Crippen LogP contribution is 1.34. The summed E-state index contributed by atoms with van der Waals surface area (Å²) in [5.41, 5.74) is 10.6. The second-order valence-corrected chi connectivity index (χ2v) is 0.474. The highest BCUT2D eigenvalue weighted by molar-refractivity contribution is 3.97. The number of nitrogens with one attached hydrogen (secondary N) is 3. The summed E-state index contributed by atoms with van der Waals surface area (Å²) < 4.78 is 0. The third kappa shape index (κ3) is 3.36. The van der Waals surface area contributed by atoms with Crippen LogP contribution in [0, 0.1) is 5.53 Å². The molecule has 0 aromatic heterocycles. The van der Waals surface area contributed by atoms with Crippen molar-refractivity contribution < 1.29 is 0 Å². The Balaban J connectivity index is 2.40. The van der Waals surface area contributed by atoms with E-state index < -0.39 is 0 Å². The Kier molecular flexibility index (Phi) is 2.93. The zero-order chi connectivity index (χ0) is 4.12. The van der Waals surface area contributed by atoms with Gasteiger partial charge in [-0.15, -0.1) is 0 Å². The van der Waals surface area contributed by atoms with E-state index in [2.05, 4.69) is 16.2 Å². The standard InChI is InChI=1S/CH6N4/c1-3-5-4-2/h1H3,(H2,2,5)(H,3,4). The van der Waals surface area contributed by atoms with Crippen molar-refractivity contribution in [3.8, 4) is 0 Å². The van der Waals surface area contributed by atoms with E-state index in [9.17, 15) is 0 Å². The monoisotopic (exact) mass is 74.1 g/mol.